The largest absolute Gasteiger partial charge is 0.480 e. The number of hydrogen-bond donors (Lipinski definition) is 0. The number of piperazine rings is 1. The van der Waals surface area contributed by atoms with E-state index in [2.05, 4.69) is 25.8 Å². The van der Waals surface area contributed by atoms with Crippen LogP contribution in [0.25, 0.3) is 21.6 Å². The third kappa shape index (κ3) is 5.02. The molecule has 6 rings (SSSR count). The number of hydrogen-bond acceptors (Lipinski definition) is 12. The maximum Gasteiger partial charge on any atom is 0.319 e. The molecule has 0 bridgehead atoms. The number of aromatic nitrogens is 4. The van der Waals surface area contributed by atoms with Crippen LogP contribution >= 0.6 is 11.3 Å². The van der Waals surface area contributed by atoms with Gasteiger partial charge in [-0.2, -0.15) is 9.29 Å². The summed E-state index contributed by atoms with van der Waals surface area (Å²) in [6.07, 6.45) is 3.22. The second-order valence-corrected chi connectivity index (χ2v) is 12.9. The van der Waals surface area contributed by atoms with E-state index in [0.717, 1.165) is 53.4 Å². The Kier molecular flexibility index (Phi) is 7.07. The minimum absolute atomic E-state index is 0.155. The van der Waals surface area contributed by atoms with E-state index in [9.17, 15) is 8.42 Å². The highest BCUT2D eigenvalue weighted by Gasteiger charge is 2.41. The average Bonchev–Trinajstić information content (AvgIpc) is 3.74. The number of ether oxygens (including phenoxy) is 3. The quantitative estimate of drug-likeness (QED) is 0.399. The van der Waals surface area contributed by atoms with Gasteiger partial charge in [-0.15, -0.1) is 11.3 Å². The second-order valence-electron chi connectivity index (χ2n) is 9.60. The topological polar surface area (TPSA) is 123 Å². The van der Waals surface area contributed by atoms with Gasteiger partial charge in [0.1, 0.15) is 5.56 Å². The highest BCUT2D eigenvalue weighted by molar-refractivity contribution is 7.90. The van der Waals surface area contributed by atoms with E-state index in [0.29, 0.717) is 56.7 Å². The molecule has 0 unspecified atom stereocenters. The lowest BCUT2D eigenvalue weighted by molar-refractivity contribution is 0.122. The van der Waals surface area contributed by atoms with Gasteiger partial charge in [0.2, 0.25) is 15.9 Å². The highest BCUT2D eigenvalue weighted by Crippen LogP contribution is 2.37. The molecule has 3 aromatic heterocycles. The summed E-state index contributed by atoms with van der Waals surface area (Å²) in [7, 11) is -0.0652. The van der Waals surface area contributed by atoms with Crippen LogP contribution in [0.4, 0.5) is 5.82 Å². The van der Waals surface area contributed by atoms with Gasteiger partial charge in [0, 0.05) is 56.9 Å². The van der Waals surface area contributed by atoms with E-state index >= 15 is 0 Å². The van der Waals surface area contributed by atoms with Crippen LogP contribution in [0.5, 0.6) is 11.9 Å². The minimum atomic E-state index is -3.12. The third-order valence-electron chi connectivity index (χ3n) is 7.08. The zero-order valence-corrected chi connectivity index (χ0v) is 23.1. The Hall–Kier alpha value is -2.65. The first-order valence-corrected chi connectivity index (χ1v) is 15.1. The van der Waals surface area contributed by atoms with Gasteiger partial charge in [0.15, 0.2) is 11.6 Å². The summed E-state index contributed by atoms with van der Waals surface area (Å²) in [6, 6.07) is 2.32. The summed E-state index contributed by atoms with van der Waals surface area (Å²) < 4.78 is 44.1. The van der Waals surface area contributed by atoms with E-state index in [-0.39, 0.29) is 11.3 Å². The van der Waals surface area contributed by atoms with Crippen molar-refractivity contribution in [1.29, 1.82) is 0 Å². The molecule has 5 heterocycles. The van der Waals surface area contributed by atoms with E-state index in [4.69, 9.17) is 24.2 Å². The Labute approximate surface area is 225 Å². The summed E-state index contributed by atoms with van der Waals surface area (Å²) in [5, 5.41) is -0.155. The van der Waals surface area contributed by atoms with Crippen LogP contribution in [0.3, 0.4) is 0 Å². The third-order valence-corrected chi connectivity index (χ3v) is 10.6. The average molecular weight is 562 g/mol. The molecule has 1 saturated carbocycles. The van der Waals surface area contributed by atoms with Crippen LogP contribution in [0.2, 0.25) is 0 Å². The smallest absolute Gasteiger partial charge is 0.319 e. The molecule has 0 aromatic carbocycles. The number of thiophene rings is 1. The van der Waals surface area contributed by atoms with Crippen LogP contribution < -0.4 is 14.4 Å². The van der Waals surface area contributed by atoms with Crippen LogP contribution in [0, 0.1) is 0 Å². The lowest BCUT2D eigenvalue weighted by atomic mass is 10.2. The molecule has 0 atom stereocenters. The lowest BCUT2D eigenvalue weighted by Crippen LogP contribution is -2.49. The van der Waals surface area contributed by atoms with Crippen molar-refractivity contribution in [3.63, 3.8) is 0 Å². The molecular weight excluding hydrogens is 530 g/mol. The zero-order valence-electron chi connectivity index (χ0n) is 21.5. The van der Waals surface area contributed by atoms with Gasteiger partial charge in [-0.3, -0.25) is 4.90 Å². The molecule has 38 heavy (non-hydrogen) atoms. The van der Waals surface area contributed by atoms with Crippen molar-refractivity contribution in [2.75, 3.05) is 71.6 Å². The molecule has 3 aliphatic rings. The summed E-state index contributed by atoms with van der Waals surface area (Å²) in [4.78, 5) is 24.1. The van der Waals surface area contributed by atoms with Crippen LogP contribution in [0.1, 0.15) is 17.7 Å². The number of fused-ring (bicyclic) bond motifs is 1. The number of nitrogens with zero attached hydrogens (tertiary/aromatic N) is 7. The van der Waals surface area contributed by atoms with E-state index < -0.39 is 10.0 Å². The molecule has 12 nitrogen and oxygen atoms in total. The van der Waals surface area contributed by atoms with Gasteiger partial charge < -0.3 is 19.1 Å². The summed E-state index contributed by atoms with van der Waals surface area (Å²) in [5.41, 5.74) is 1.44. The first-order valence-electron chi connectivity index (χ1n) is 12.8. The van der Waals surface area contributed by atoms with Crippen LogP contribution in [-0.4, -0.2) is 110 Å². The monoisotopic (exact) mass is 561 g/mol. The van der Waals surface area contributed by atoms with Crippen molar-refractivity contribution >= 4 is 37.4 Å². The van der Waals surface area contributed by atoms with Crippen molar-refractivity contribution in [2.45, 2.75) is 24.6 Å². The molecule has 3 aromatic rings. The molecule has 2 saturated heterocycles. The van der Waals surface area contributed by atoms with Gasteiger partial charge in [-0.1, -0.05) is 0 Å². The fourth-order valence-electron chi connectivity index (χ4n) is 4.85. The Balaban J connectivity index is 1.29. The lowest BCUT2D eigenvalue weighted by Gasteiger charge is -2.33. The molecule has 2 aliphatic heterocycles. The Morgan fingerprint density at radius 1 is 1.03 bits per heavy atom. The SMILES string of the molecule is COc1ncc(-c2nc(N3CCOCC3)c3sc(CN4CCN(S(=O)(=O)C5CC5)CC4)cc3n2)c(OC)n1. The predicted molar refractivity (Wildman–Crippen MR) is 143 cm³/mol. The maximum absolute atomic E-state index is 12.6. The summed E-state index contributed by atoms with van der Waals surface area (Å²) in [5.74, 6) is 1.70. The molecule has 1 aliphatic carbocycles. The molecule has 204 valence electrons. The first-order chi connectivity index (χ1) is 18.5. The Bertz CT molecular complexity index is 1420. The second kappa shape index (κ2) is 10.5. The van der Waals surface area contributed by atoms with Crippen molar-refractivity contribution in [2.24, 2.45) is 0 Å². The number of morpholine rings is 1. The normalized spacial score (nSPS) is 19.7. The Morgan fingerprint density at radius 3 is 2.47 bits per heavy atom. The number of rotatable bonds is 8. The highest BCUT2D eigenvalue weighted by atomic mass is 32.2. The van der Waals surface area contributed by atoms with Crippen molar-refractivity contribution in [3.8, 4) is 23.3 Å². The van der Waals surface area contributed by atoms with E-state index in [1.54, 1.807) is 28.9 Å². The summed E-state index contributed by atoms with van der Waals surface area (Å²) >= 11 is 1.69. The maximum atomic E-state index is 12.6. The number of methoxy groups -OCH3 is 2. The van der Waals surface area contributed by atoms with Gasteiger partial charge in [-0.05, 0) is 18.9 Å². The Morgan fingerprint density at radius 2 is 1.79 bits per heavy atom. The minimum Gasteiger partial charge on any atom is -0.480 e. The number of anilines is 1. The van der Waals surface area contributed by atoms with Gasteiger partial charge in [0.05, 0.1) is 42.9 Å². The van der Waals surface area contributed by atoms with Gasteiger partial charge in [-0.25, -0.2) is 23.4 Å². The van der Waals surface area contributed by atoms with Crippen molar-refractivity contribution < 1.29 is 22.6 Å². The molecule has 0 spiro atoms. The summed E-state index contributed by atoms with van der Waals surface area (Å²) in [6.45, 7) is 6.03. The van der Waals surface area contributed by atoms with Crippen molar-refractivity contribution in [1.82, 2.24) is 29.1 Å². The molecule has 3 fully saturated rings. The predicted octanol–water partition coefficient (Wildman–Crippen LogP) is 1.61. The standard InChI is InChI=1S/C24H31N7O5S2/c1-34-23-18(14-25-24(28-23)35-2)21-26-19-13-16(37-20(19)22(27-21)30-9-11-36-12-10-30)15-29-5-7-31(8-6-29)38(32,33)17-3-4-17/h13-14,17H,3-12,15H2,1-2H3. The molecule has 0 N–H and O–H groups in total. The zero-order chi connectivity index (χ0) is 26.3. The fourth-order valence-corrected chi connectivity index (χ4v) is 7.83. The van der Waals surface area contributed by atoms with Crippen LogP contribution in [-0.2, 0) is 21.3 Å². The molecule has 0 radical (unpaired) electrons. The first kappa shape index (κ1) is 25.6. The molecule has 0 amide bonds. The van der Waals surface area contributed by atoms with Crippen molar-refractivity contribution in [3.05, 3.63) is 17.1 Å². The molecule has 14 heteroatoms. The van der Waals surface area contributed by atoms with E-state index in [1.165, 1.54) is 7.11 Å². The van der Waals surface area contributed by atoms with E-state index in [1.807, 2.05) is 0 Å². The van der Waals surface area contributed by atoms with Gasteiger partial charge in [0.25, 0.3) is 0 Å². The number of sulfonamides is 1. The fraction of sp³-hybridized carbons (Fsp3) is 0.583. The van der Waals surface area contributed by atoms with Crippen LogP contribution in [0.15, 0.2) is 12.3 Å². The van der Waals surface area contributed by atoms with Gasteiger partial charge >= 0.3 is 6.01 Å². The molecular formula is C24H31N7O5S2.